The van der Waals surface area contributed by atoms with E-state index in [9.17, 15) is 22.4 Å². The number of nitrogens with zero attached hydrogens (tertiary/aromatic N) is 2. The van der Waals surface area contributed by atoms with Gasteiger partial charge in [0.05, 0.1) is 4.90 Å². The van der Waals surface area contributed by atoms with Gasteiger partial charge in [-0.1, -0.05) is 66.7 Å². The Morgan fingerprint density at radius 2 is 1.48 bits per heavy atom. The van der Waals surface area contributed by atoms with Crippen molar-refractivity contribution in [2.45, 2.75) is 63.1 Å². The lowest BCUT2D eigenvalue weighted by Gasteiger charge is -2.34. The van der Waals surface area contributed by atoms with Crippen LogP contribution in [0.4, 0.5) is 4.39 Å². The molecule has 7 nitrogen and oxygen atoms in total. The number of hydrogen-bond acceptors (Lipinski definition) is 4. The molecule has 1 atom stereocenters. The number of hydrogen-bond donors (Lipinski definition) is 1. The maximum absolute atomic E-state index is 14.7. The van der Waals surface area contributed by atoms with Gasteiger partial charge in [0.1, 0.15) is 11.9 Å². The minimum Gasteiger partial charge on any atom is -0.350 e. The fourth-order valence-corrected chi connectivity index (χ4v) is 5.54. The first-order chi connectivity index (χ1) is 18.9. The maximum Gasteiger partial charge on any atom is 0.243 e. The molecule has 0 aliphatic carbocycles. The van der Waals surface area contributed by atoms with Crippen molar-refractivity contribution in [1.82, 2.24) is 14.5 Å². The number of halogens is 1. The highest BCUT2D eigenvalue weighted by Crippen LogP contribution is 2.20. The molecule has 1 N–H and O–H groups in total. The van der Waals surface area contributed by atoms with E-state index in [1.165, 1.54) is 34.5 Å². The van der Waals surface area contributed by atoms with Gasteiger partial charge in [0.15, 0.2) is 0 Å². The summed E-state index contributed by atoms with van der Waals surface area (Å²) in [6.45, 7) is 5.58. The van der Waals surface area contributed by atoms with E-state index in [0.717, 1.165) is 5.56 Å². The van der Waals surface area contributed by atoms with Crippen LogP contribution in [0.15, 0.2) is 89.8 Å². The number of benzene rings is 3. The quantitative estimate of drug-likeness (QED) is 0.341. The van der Waals surface area contributed by atoms with E-state index in [4.69, 9.17) is 0 Å². The van der Waals surface area contributed by atoms with Crippen LogP contribution in [0.2, 0.25) is 0 Å². The highest BCUT2D eigenvalue weighted by atomic mass is 32.2. The first-order valence-corrected chi connectivity index (χ1v) is 14.7. The minimum absolute atomic E-state index is 0.0167. The van der Waals surface area contributed by atoms with E-state index in [1.54, 1.807) is 36.4 Å². The van der Waals surface area contributed by atoms with Crippen LogP contribution in [0.3, 0.4) is 0 Å². The molecule has 0 saturated carbocycles. The second-order valence-corrected chi connectivity index (χ2v) is 12.8. The van der Waals surface area contributed by atoms with E-state index >= 15 is 0 Å². The normalized spacial score (nSPS) is 12.7. The van der Waals surface area contributed by atoms with E-state index in [2.05, 4.69) is 5.32 Å². The van der Waals surface area contributed by atoms with Gasteiger partial charge in [-0.3, -0.25) is 9.59 Å². The third kappa shape index (κ3) is 8.72. The van der Waals surface area contributed by atoms with Crippen LogP contribution < -0.4 is 5.32 Å². The Morgan fingerprint density at radius 3 is 2.08 bits per heavy atom. The number of rotatable bonds is 12. The zero-order chi connectivity index (χ0) is 29.3. The van der Waals surface area contributed by atoms with Crippen molar-refractivity contribution in [2.75, 3.05) is 13.6 Å². The van der Waals surface area contributed by atoms with Crippen molar-refractivity contribution in [3.05, 3.63) is 102 Å². The molecule has 3 rings (SSSR count). The van der Waals surface area contributed by atoms with E-state index in [1.807, 2.05) is 51.1 Å². The van der Waals surface area contributed by atoms with Gasteiger partial charge in [0.25, 0.3) is 0 Å². The molecule has 0 aromatic heterocycles. The molecular formula is C31H38FN3O4S. The van der Waals surface area contributed by atoms with Gasteiger partial charge in [-0.25, -0.2) is 17.1 Å². The molecule has 3 aromatic rings. The van der Waals surface area contributed by atoms with Crippen molar-refractivity contribution in [2.24, 2.45) is 0 Å². The van der Waals surface area contributed by atoms with Gasteiger partial charge >= 0.3 is 0 Å². The van der Waals surface area contributed by atoms with Crippen LogP contribution in [0.25, 0.3) is 0 Å². The summed E-state index contributed by atoms with van der Waals surface area (Å²) in [5, 5.41) is 2.97. The van der Waals surface area contributed by atoms with E-state index < -0.39 is 27.4 Å². The summed E-state index contributed by atoms with van der Waals surface area (Å²) in [6, 6.07) is 22.7. The molecule has 2 amide bonds. The Balaban J connectivity index is 1.85. The molecule has 0 aliphatic heterocycles. The highest BCUT2D eigenvalue weighted by Gasteiger charge is 2.32. The number of nitrogens with one attached hydrogen (secondary N) is 1. The topological polar surface area (TPSA) is 86.8 Å². The van der Waals surface area contributed by atoms with Crippen molar-refractivity contribution >= 4 is 21.8 Å². The second-order valence-electron chi connectivity index (χ2n) is 10.8. The first-order valence-electron chi connectivity index (χ1n) is 13.3. The Kier molecular flexibility index (Phi) is 10.6. The standard InChI is InChI=1S/C31H38FN3O4S/c1-31(2,3)33-30(37)28(22-24-14-7-5-8-15-24)35(23-25-16-11-12-19-27(25)32)29(36)20-13-21-34(4)40(38,39)26-17-9-6-10-18-26/h5-12,14-19,28H,13,20-23H2,1-4H3,(H,33,37)/t28-/m1/s1. The fourth-order valence-electron chi connectivity index (χ4n) is 4.31. The van der Waals surface area contributed by atoms with Gasteiger partial charge in [0, 0.05) is 44.1 Å². The Labute approximate surface area is 237 Å². The molecule has 0 heterocycles. The largest absolute Gasteiger partial charge is 0.350 e. The molecule has 0 bridgehead atoms. The summed E-state index contributed by atoms with van der Waals surface area (Å²) in [5.74, 6) is -1.17. The van der Waals surface area contributed by atoms with Crippen molar-refractivity contribution in [3.8, 4) is 0 Å². The molecule has 0 aliphatic rings. The van der Waals surface area contributed by atoms with E-state index in [0.29, 0.717) is 5.56 Å². The maximum atomic E-state index is 14.7. The zero-order valence-corrected chi connectivity index (χ0v) is 24.3. The number of sulfonamides is 1. The van der Waals surface area contributed by atoms with Gasteiger partial charge in [0.2, 0.25) is 21.8 Å². The van der Waals surface area contributed by atoms with Gasteiger partial charge in [-0.05, 0) is 51.0 Å². The van der Waals surface area contributed by atoms with Crippen LogP contribution in [-0.4, -0.2) is 54.6 Å². The molecular weight excluding hydrogens is 529 g/mol. The summed E-state index contributed by atoms with van der Waals surface area (Å²) in [4.78, 5) is 28.9. The third-order valence-electron chi connectivity index (χ3n) is 6.38. The Morgan fingerprint density at radius 1 is 0.900 bits per heavy atom. The van der Waals surface area contributed by atoms with E-state index in [-0.39, 0.29) is 49.1 Å². The zero-order valence-electron chi connectivity index (χ0n) is 23.5. The molecule has 9 heteroatoms. The molecule has 0 fully saturated rings. The molecule has 0 radical (unpaired) electrons. The minimum atomic E-state index is -3.71. The van der Waals surface area contributed by atoms with Gasteiger partial charge in [-0.2, -0.15) is 0 Å². The molecule has 214 valence electrons. The third-order valence-corrected chi connectivity index (χ3v) is 8.25. The summed E-state index contributed by atoms with van der Waals surface area (Å²) in [6.07, 6.45) is 0.455. The van der Waals surface area contributed by atoms with Crippen molar-refractivity contribution in [1.29, 1.82) is 0 Å². The lowest BCUT2D eigenvalue weighted by molar-refractivity contribution is -0.142. The predicted octanol–water partition coefficient (Wildman–Crippen LogP) is 4.78. The summed E-state index contributed by atoms with van der Waals surface area (Å²) >= 11 is 0. The van der Waals surface area contributed by atoms with Crippen LogP contribution in [0.5, 0.6) is 0 Å². The summed E-state index contributed by atoms with van der Waals surface area (Å²) < 4.78 is 41.7. The molecule has 3 aromatic carbocycles. The fraction of sp³-hybridized carbons (Fsp3) is 0.355. The lowest BCUT2D eigenvalue weighted by atomic mass is 10.00. The smallest absolute Gasteiger partial charge is 0.243 e. The SMILES string of the molecule is CN(CCCC(=O)N(Cc1ccccc1F)[C@H](Cc1ccccc1)C(=O)NC(C)(C)C)S(=O)(=O)c1ccccc1. The second kappa shape index (κ2) is 13.7. The van der Waals surface area contributed by atoms with Crippen molar-refractivity contribution < 1.29 is 22.4 Å². The summed E-state index contributed by atoms with van der Waals surface area (Å²) in [5.41, 5.74) is 0.602. The molecule has 0 spiro atoms. The molecule has 0 unspecified atom stereocenters. The average Bonchev–Trinajstić information content (AvgIpc) is 2.91. The number of carbonyl (C=O) groups is 2. The lowest BCUT2D eigenvalue weighted by Crippen LogP contribution is -2.54. The Bertz CT molecular complexity index is 1380. The van der Waals surface area contributed by atoms with Gasteiger partial charge < -0.3 is 10.2 Å². The highest BCUT2D eigenvalue weighted by molar-refractivity contribution is 7.89. The van der Waals surface area contributed by atoms with Gasteiger partial charge in [-0.15, -0.1) is 0 Å². The number of amides is 2. The van der Waals surface area contributed by atoms with Crippen LogP contribution >= 0.6 is 0 Å². The van der Waals surface area contributed by atoms with Crippen LogP contribution in [0, 0.1) is 5.82 Å². The summed E-state index contributed by atoms with van der Waals surface area (Å²) in [7, 11) is -2.24. The van der Waals surface area contributed by atoms with Crippen molar-refractivity contribution in [3.63, 3.8) is 0 Å². The van der Waals surface area contributed by atoms with Crippen LogP contribution in [0.1, 0.15) is 44.7 Å². The molecule has 0 saturated heterocycles. The molecule has 40 heavy (non-hydrogen) atoms. The monoisotopic (exact) mass is 567 g/mol. The number of carbonyl (C=O) groups excluding carboxylic acids is 2. The Hall–Kier alpha value is -3.56. The first kappa shape index (κ1) is 31.0. The average molecular weight is 568 g/mol. The van der Waals surface area contributed by atoms with Crippen LogP contribution in [-0.2, 0) is 32.6 Å². The predicted molar refractivity (Wildman–Crippen MR) is 154 cm³/mol.